The van der Waals surface area contributed by atoms with Gasteiger partial charge < -0.3 is 20.9 Å². The van der Waals surface area contributed by atoms with Crippen LogP contribution < -0.4 is 16.2 Å². The van der Waals surface area contributed by atoms with Crippen molar-refractivity contribution >= 4 is 11.5 Å². The molecule has 1 unspecified atom stereocenters. The number of unbranched alkanes of at least 4 members (excludes halogenated alkanes) is 3. The molecule has 114 valence electrons. The summed E-state index contributed by atoms with van der Waals surface area (Å²) in [6.45, 7) is 0.821. The lowest BCUT2D eigenvalue weighted by atomic mass is 10.0. The van der Waals surface area contributed by atoms with Crippen LogP contribution in [-0.2, 0) is 11.2 Å². The van der Waals surface area contributed by atoms with Gasteiger partial charge in [-0.2, -0.15) is 10.2 Å². The molecule has 6 nitrogen and oxygen atoms in total. The van der Waals surface area contributed by atoms with Gasteiger partial charge in [-0.25, -0.2) is 0 Å². The Morgan fingerprint density at radius 3 is 2.81 bits per heavy atom. The molecule has 2 heterocycles. The number of methoxy groups -OCH3 is 1. The molecular weight excluding hydrogens is 268 g/mol. The van der Waals surface area contributed by atoms with E-state index in [-0.39, 0.29) is 17.5 Å². The summed E-state index contributed by atoms with van der Waals surface area (Å²) in [5.74, 6) is 0.641. The van der Waals surface area contributed by atoms with Crippen LogP contribution in [0.4, 0.5) is 11.5 Å². The van der Waals surface area contributed by atoms with Crippen molar-refractivity contribution in [2.45, 2.75) is 44.6 Å². The number of anilines is 2. The quantitative estimate of drug-likeness (QED) is 0.744. The van der Waals surface area contributed by atoms with Gasteiger partial charge in [-0.3, -0.25) is 0 Å². The molecule has 1 aromatic rings. The fourth-order valence-corrected chi connectivity index (χ4v) is 2.61. The summed E-state index contributed by atoms with van der Waals surface area (Å²) in [4.78, 5) is 4.14. The first kappa shape index (κ1) is 15.4. The molecule has 0 saturated heterocycles. The van der Waals surface area contributed by atoms with Gasteiger partial charge in [0, 0.05) is 25.7 Å². The third-order valence-corrected chi connectivity index (χ3v) is 3.78. The lowest BCUT2D eigenvalue weighted by Crippen LogP contribution is -2.12. The summed E-state index contributed by atoms with van der Waals surface area (Å²) in [5.41, 5.74) is 13.2. The van der Waals surface area contributed by atoms with Gasteiger partial charge in [0.2, 0.25) is 5.88 Å². The van der Waals surface area contributed by atoms with Crippen LogP contribution in [0.2, 0.25) is 0 Å². The zero-order valence-electron chi connectivity index (χ0n) is 12.4. The van der Waals surface area contributed by atoms with Gasteiger partial charge in [-0.1, -0.05) is 12.8 Å². The van der Waals surface area contributed by atoms with E-state index in [1.165, 1.54) is 6.42 Å². The highest BCUT2D eigenvalue weighted by molar-refractivity contribution is 5.71. The fourth-order valence-electron chi connectivity index (χ4n) is 2.61. The van der Waals surface area contributed by atoms with Crippen molar-refractivity contribution in [2.75, 3.05) is 25.2 Å². The van der Waals surface area contributed by atoms with Gasteiger partial charge >= 0.3 is 0 Å². The van der Waals surface area contributed by atoms with Crippen LogP contribution in [-0.4, -0.2) is 24.8 Å². The summed E-state index contributed by atoms with van der Waals surface area (Å²) in [7, 11) is 1.72. The van der Waals surface area contributed by atoms with E-state index in [1.807, 2.05) is 6.07 Å². The van der Waals surface area contributed by atoms with Crippen LogP contribution in [0.25, 0.3) is 0 Å². The minimum Gasteiger partial charge on any atom is -0.474 e. The van der Waals surface area contributed by atoms with Gasteiger partial charge in [0.15, 0.2) is 0 Å². The maximum atomic E-state index is 9.04. The number of rotatable bonds is 7. The van der Waals surface area contributed by atoms with Crippen LogP contribution in [0, 0.1) is 11.3 Å². The van der Waals surface area contributed by atoms with Crippen LogP contribution in [0.15, 0.2) is 0 Å². The minimum absolute atomic E-state index is 0.0885. The Balaban J connectivity index is 1.86. The Bertz CT molecular complexity index is 539. The maximum absolute atomic E-state index is 9.04. The van der Waals surface area contributed by atoms with Crippen LogP contribution in [0.3, 0.4) is 0 Å². The third-order valence-electron chi connectivity index (χ3n) is 3.78. The van der Waals surface area contributed by atoms with Crippen molar-refractivity contribution in [3.63, 3.8) is 0 Å². The highest BCUT2D eigenvalue weighted by atomic mass is 16.5. The topological polar surface area (TPSA) is 107 Å². The van der Waals surface area contributed by atoms with E-state index in [9.17, 15) is 0 Å². The molecule has 0 amide bonds. The number of nitrogens with two attached hydrogens (primary N) is 2. The highest BCUT2D eigenvalue weighted by Gasteiger charge is 2.28. The van der Waals surface area contributed by atoms with E-state index in [2.05, 4.69) is 4.98 Å². The number of pyridine rings is 1. The van der Waals surface area contributed by atoms with Crippen LogP contribution in [0.1, 0.15) is 43.2 Å². The van der Waals surface area contributed by atoms with Gasteiger partial charge in [0.1, 0.15) is 23.6 Å². The first-order valence-electron chi connectivity index (χ1n) is 7.30. The number of aromatic nitrogens is 1. The molecule has 0 fully saturated rings. The lowest BCUT2D eigenvalue weighted by Gasteiger charge is -2.09. The molecule has 0 saturated carbocycles. The summed E-state index contributed by atoms with van der Waals surface area (Å²) in [6.07, 6.45) is 6.28. The average Bonchev–Trinajstić information content (AvgIpc) is 2.86. The maximum Gasteiger partial charge on any atom is 0.221 e. The molecule has 21 heavy (non-hydrogen) atoms. The second-order valence-electron chi connectivity index (χ2n) is 5.32. The number of hydrogen-bond donors (Lipinski definition) is 2. The summed E-state index contributed by atoms with van der Waals surface area (Å²) >= 11 is 0. The number of nitrogens with zero attached hydrogens (tertiary/aromatic N) is 2. The normalized spacial score (nSPS) is 16.3. The zero-order valence-corrected chi connectivity index (χ0v) is 12.4. The van der Waals surface area contributed by atoms with E-state index in [0.29, 0.717) is 18.0 Å². The van der Waals surface area contributed by atoms with Gasteiger partial charge in [-0.05, 0) is 19.3 Å². The van der Waals surface area contributed by atoms with Crippen molar-refractivity contribution in [3.8, 4) is 11.9 Å². The fraction of sp³-hybridized carbons (Fsp3) is 0.600. The average molecular weight is 290 g/mol. The van der Waals surface area contributed by atoms with Crippen molar-refractivity contribution in [3.05, 3.63) is 11.1 Å². The second-order valence-corrected chi connectivity index (χ2v) is 5.32. The van der Waals surface area contributed by atoms with Crippen LogP contribution >= 0.6 is 0 Å². The van der Waals surface area contributed by atoms with Crippen molar-refractivity contribution in [1.29, 1.82) is 5.26 Å². The van der Waals surface area contributed by atoms with Gasteiger partial charge in [0.25, 0.3) is 0 Å². The predicted octanol–water partition coefficient (Wildman–Crippen LogP) is 2.02. The number of nitrogen functional groups attached to an aromatic ring is 2. The molecule has 1 atom stereocenters. The summed E-state index contributed by atoms with van der Waals surface area (Å²) < 4.78 is 10.8. The number of ether oxygens (including phenoxy) is 2. The standard InChI is InChI=1S/C15H22N4O2/c1-20-7-5-3-2-4-6-10-8-11-13(17)12(9-16)14(18)19-15(11)21-10/h10H,2-8H2,1H3,(H4,17,18,19). The molecule has 0 bridgehead atoms. The van der Waals surface area contributed by atoms with E-state index in [0.717, 1.165) is 37.9 Å². The first-order chi connectivity index (χ1) is 10.2. The highest BCUT2D eigenvalue weighted by Crippen LogP contribution is 2.36. The molecule has 2 rings (SSSR count). The van der Waals surface area contributed by atoms with Crippen molar-refractivity contribution in [2.24, 2.45) is 0 Å². The van der Waals surface area contributed by atoms with Crippen LogP contribution in [0.5, 0.6) is 5.88 Å². The molecule has 1 aliphatic heterocycles. The molecule has 0 aliphatic carbocycles. The minimum atomic E-state index is 0.0885. The summed E-state index contributed by atoms with van der Waals surface area (Å²) in [6, 6.07) is 2.00. The monoisotopic (exact) mass is 290 g/mol. The number of hydrogen-bond acceptors (Lipinski definition) is 6. The molecule has 1 aromatic heterocycles. The molecule has 4 N–H and O–H groups in total. The number of fused-ring (bicyclic) bond motifs is 1. The van der Waals surface area contributed by atoms with Crippen molar-refractivity contribution in [1.82, 2.24) is 4.98 Å². The lowest BCUT2D eigenvalue weighted by molar-refractivity contribution is 0.189. The Morgan fingerprint density at radius 1 is 1.33 bits per heavy atom. The van der Waals surface area contributed by atoms with E-state index in [4.69, 9.17) is 26.2 Å². The zero-order chi connectivity index (χ0) is 15.2. The molecule has 0 aromatic carbocycles. The van der Waals surface area contributed by atoms with Gasteiger partial charge in [-0.15, -0.1) is 0 Å². The van der Waals surface area contributed by atoms with Crippen molar-refractivity contribution < 1.29 is 9.47 Å². The van der Waals surface area contributed by atoms with E-state index in [1.54, 1.807) is 7.11 Å². The third kappa shape index (κ3) is 3.56. The molecule has 1 aliphatic rings. The number of nitriles is 1. The Hall–Kier alpha value is -2.00. The van der Waals surface area contributed by atoms with Gasteiger partial charge in [0.05, 0.1) is 5.69 Å². The largest absolute Gasteiger partial charge is 0.474 e. The molecular formula is C15H22N4O2. The van der Waals surface area contributed by atoms with E-state index >= 15 is 0 Å². The summed E-state index contributed by atoms with van der Waals surface area (Å²) in [5, 5.41) is 9.04. The molecule has 0 radical (unpaired) electrons. The second kappa shape index (κ2) is 7.14. The molecule has 6 heteroatoms. The predicted molar refractivity (Wildman–Crippen MR) is 80.9 cm³/mol. The molecule has 0 spiro atoms. The Morgan fingerprint density at radius 2 is 2.10 bits per heavy atom. The Kier molecular flexibility index (Phi) is 5.23. The first-order valence-corrected chi connectivity index (χ1v) is 7.30. The SMILES string of the molecule is COCCCCCCC1Cc2c(nc(N)c(C#N)c2N)O1. The van der Waals surface area contributed by atoms with E-state index < -0.39 is 0 Å². The Labute approximate surface area is 125 Å². The smallest absolute Gasteiger partial charge is 0.221 e.